The zero-order valence-electron chi connectivity index (χ0n) is 22.3. The van der Waals surface area contributed by atoms with E-state index >= 15 is 4.39 Å². The molecule has 0 unspecified atom stereocenters. The molecule has 2 fully saturated rings. The third kappa shape index (κ3) is 5.09. The summed E-state index contributed by atoms with van der Waals surface area (Å²) in [5.74, 6) is -0.118. The van der Waals surface area contributed by atoms with E-state index in [-0.39, 0.29) is 29.2 Å². The number of pyridine rings is 2. The smallest absolute Gasteiger partial charge is 0.276 e. The number of halogens is 1. The molecule has 1 aliphatic carbocycles. The molecule has 2 aliphatic heterocycles. The summed E-state index contributed by atoms with van der Waals surface area (Å²) in [6.45, 7) is 3.05. The third-order valence-corrected chi connectivity index (χ3v) is 8.86. The Balaban J connectivity index is 1.20. The van der Waals surface area contributed by atoms with Crippen molar-refractivity contribution in [2.24, 2.45) is 0 Å². The van der Waals surface area contributed by atoms with Crippen LogP contribution in [0, 0.1) is 5.82 Å². The number of para-hydroxylation sites is 1. The molecule has 7 rings (SSSR count). The van der Waals surface area contributed by atoms with Crippen molar-refractivity contribution < 1.29 is 18.7 Å². The molecule has 2 amide bonds. The van der Waals surface area contributed by atoms with Crippen molar-refractivity contribution in [3.05, 3.63) is 82.7 Å². The largest absolute Gasteiger partial charge is 0.378 e. The average Bonchev–Trinajstić information content (AvgIpc) is 3.76. The van der Waals surface area contributed by atoms with Crippen LogP contribution in [0.25, 0.3) is 21.7 Å². The number of amides is 2. The first-order valence-corrected chi connectivity index (χ1v) is 14.7. The molecule has 4 aromatic rings. The van der Waals surface area contributed by atoms with Crippen LogP contribution >= 0.6 is 11.3 Å². The Morgan fingerprint density at radius 2 is 1.85 bits per heavy atom. The highest BCUT2D eigenvalue weighted by Gasteiger charge is 2.30. The Kier molecular flexibility index (Phi) is 6.72. The van der Waals surface area contributed by atoms with Gasteiger partial charge in [0.15, 0.2) is 0 Å². The second kappa shape index (κ2) is 10.7. The molecule has 41 heavy (non-hydrogen) atoms. The number of nitrogens with zero attached hydrogens (tertiary/aromatic N) is 4. The van der Waals surface area contributed by atoms with Crippen LogP contribution in [0.3, 0.4) is 0 Å². The van der Waals surface area contributed by atoms with Gasteiger partial charge >= 0.3 is 0 Å². The molecule has 1 saturated carbocycles. The summed E-state index contributed by atoms with van der Waals surface area (Å²) >= 11 is 1.46. The Labute approximate surface area is 240 Å². The first-order valence-electron chi connectivity index (χ1n) is 13.9. The number of carbonyl (C=O) groups excluding carboxylic acids is 2. The van der Waals surface area contributed by atoms with Crippen LogP contribution in [0.4, 0.5) is 15.9 Å². The Morgan fingerprint density at radius 3 is 2.68 bits per heavy atom. The molecule has 0 atom stereocenters. The summed E-state index contributed by atoms with van der Waals surface area (Å²) in [6.07, 6.45) is 4.29. The van der Waals surface area contributed by atoms with E-state index in [9.17, 15) is 9.59 Å². The van der Waals surface area contributed by atoms with Crippen molar-refractivity contribution in [1.29, 1.82) is 0 Å². The van der Waals surface area contributed by atoms with Gasteiger partial charge in [-0.25, -0.2) is 14.4 Å². The standard InChI is InChI=1S/C31H28FN5O3S/c32-23-7-8-24(35-28(23)19-9-11-33-27(18-19)36-13-15-40-16-14-36)31(39)37-12-10-20-17-26(30(38)34-21-5-6-21)41-29(20)22-3-1-2-4-25(22)37/h1-4,7-9,11,17-18,21H,5-6,10,12-16H2,(H,34,38). The van der Waals surface area contributed by atoms with Crippen LogP contribution in [0.2, 0.25) is 0 Å². The Bertz CT molecular complexity index is 1650. The van der Waals surface area contributed by atoms with Gasteiger partial charge in [-0.2, -0.15) is 0 Å². The van der Waals surface area contributed by atoms with Crippen molar-refractivity contribution >= 4 is 34.7 Å². The van der Waals surface area contributed by atoms with Gasteiger partial charge in [0.25, 0.3) is 11.8 Å². The SMILES string of the molecule is O=C(NC1CC1)c1cc2c(s1)-c1ccccc1N(C(=O)c1ccc(F)c(-c3ccnc(N4CCOCC4)c3)n1)CC2. The third-order valence-electron chi connectivity index (χ3n) is 7.65. The van der Waals surface area contributed by atoms with Crippen LogP contribution in [-0.4, -0.2) is 60.7 Å². The highest BCUT2D eigenvalue weighted by molar-refractivity contribution is 7.17. The molecule has 10 heteroatoms. The molecule has 0 spiro atoms. The molecule has 0 radical (unpaired) electrons. The van der Waals surface area contributed by atoms with E-state index < -0.39 is 5.82 Å². The first kappa shape index (κ1) is 25.8. The molecular weight excluding hydrogens is 541 g/mol. The monoisotopic (exact) mass is 569 g/mol. The van der Waals surface area contributed by atoms with Crippen molar-refractivity contribution in [3.8, 4) is 21.7 Å². The summed E-state index contributed by atoms with van der Waals surface area (Å²) < 4.78 is 20.5. The van der Waals surface area contributed by atoms with Gasteiger partial charge in [0, 0.05) is 47.9 Å². The second-order valence-corrected chi connectivity index (χ2v) is 11.5. The fraction of sp³-hybridized carbons (Fsp3) is 0.290. The van der Waals surface area contributed by atoms with E-state index in [2.05, 4.69) is 20.2 Å². The zero-order chi connectivity index (χ0) is 27.9. The highest BCUT2D eigenvalue weighted by atomic mass is 32.1. The number of morpholine rings is 1. The quantitative estimate of drug-likeness (QED) is 0.366. The van der Waals surface area contributed by atoms with Crippen LogP contribution < -0.4 is 15.1 Å². The first-order chi connectivity index (χ1) is 20.0. The average molecular weight is 570 g/mol. The minimum Gasteiger partial charge on any atom is -0.378 e. The second-order valence-electron chi connectivity index (χ2n) is 10.5. The van der Waals surface area contributed by atoms with Crippen LogP contribution in [0.5, 0.6) is 0 Å². The zero-order valence-corrected chi connectivity index (χ0v) is 23.1. The molecule has 3 aliphatic rings. The molecule has 3 aromatic heterocycles. The summed E-state index contributed by atoms with van der Waals surface area (Å²) in [4.78, 5) is 41.2. The molecule has 1 N–H and O–H groups in total. The van der Waals surface area contributed by atoms with E-state index in [1.807, 2.05) is 30.3 Å². The summed E-state index contributed by atoms with van der Waals surface area (Å²) in [5.41, 5.74) is 3.52. The van der Waals surface area contributed by atoms with Gasteiger partial charge in [-0.15, -0.1) is 11.3 Å². The number of thiophene rings is 1. The summed E-state index contributed by atoms with van der Waals surface area (Å²) in [5, 5.41) is 3.07. The van der Waals surface area contributed by atoms with Crippen molar-refractivity contribution in [2.45, 2.75) is 25.3 Å². The van der Waals surface area contributed by atoms with Crippen LogP contribution in [0.1, 0.15) is 38.6 Å². The predicted molar refractivity (Wildman–Crippen MR) is 156 cm³/mol. The Morgan fingerprint density at radius 1 is 1.02 bits per heavy atom. The molecule has 1 saturated heterocycles. The van der Waals surface area contributed by atoms with E-state index in [4.69, 9.17) is 4.74 Å². The molecule has 0 bridgehead atoms. The van der Waals surface area contributed by atoms with Crippen molar-refractivity contribution in [2.75, 3.05) is 42.6 Å². The summed E-state index contributed by atoms with van der Waals surface area (Å²) in [7, 11) is 0. The molecule has 208 valence electrons. The van der Waals surface area contributed by atoms with Crippen molar-refractivity contribution in [1.82, 2.24) is 15.3 Å². The number of nitrogens with one attached hydrogen (secondary N) is 1. The molecule has 5 heterocycles. The van der Waals surface area contributed by atoms with Crippen LogP contribution in [-0.2, 0) is 11.2 Å². The minimum absolute atomic E-state index is 0.0353. The van der Waals surface area contributed by atoms with Gasteiger partial charge in [0.1, 0.15) is 23.0 Å². The summed E-state index contributed by atoms with van der Waals surface area (Å²) in [6, 6.07) is 16.2. The van der Waals surface area contributed by atoms with Gasteiger partial charge in [-0.3, -0.25) is 9.59 Å². The van der Waals surface area contributed by atoms with Gasteiger partial charge in [0.2, 0.25) is 0 Å². The minimum atomic E-state index is -0.504. The number of fused-ring (bicyclic) bond motifs is 3. The fourth-order valence-electron chi connectivity index (χ4n) is 5.34. The molecule has 1 aromatic carbocycles. The lowest BCUT2D eigenvalue weighted by Gasteiger charge is -2.28. The maximum atomic E-state index is 15.1. The number of hydrogen-bond acceptors (Lipinski definition) is 7. The van der Waals surface area contributed by atoms with E-state index in [1.165, 1.54) is 23.5 Å². The van der Waals surface area contributed by atoms with E-state index in [1.54, 1.807) is 23.2 Å². The van der Waals surface area contributed by atoms with Gasteiger partial charge < -0.3 is 19.9 Å². The number of rotatable bonds is 5. The highest BCUT2D eigenvalue weighted by Crippen LogP contribution is 2.42. The lowest BCUT2D eigenvalue weighted by Crippen LogP contribution is -2.36. The number of aromatic nitrogens is 2. The van der Waals surface area contributed by atoms with E-state index in [0.29, 0.717) is 49.7 Å². The topological polar surface area (TPSA) is 87.7 Å². The predicted octanol–water partition coefficient (Wildman–Crippen LogP) is 4.94. The number of benzene rings is 1. The maximum Gasteiger partial charge on any atom is 0.276 e. The van der Waals surface area contributed by atoms with Gasteiger partial charge in [-0.1, -0.05) is 18.2 Å². The normalized spacial score (nSPS) is 16.5. The van der Waals surface area contributed by atoms with Gasteiger partial charge in [0.05, 0.1) is 23.8 Å². The van der Waals surface area contributed by atoms with E-state index in [0.717, 1.165) is 40.4 Å². The fourth-order valence-corrected chi connectivity index (χ4v) is 6.48. The Hall–Kier alpha value is -4.15. The van der Waals surface area contributed by atoms with Gasteiger partial charge in [-0.05, 0) is 61.2 Å². The lowest BCUT2D eigenvalue weighted by molar-refractivity contribution is 0.0952. The molecular formula is C31H28FN5O3S. The number of ether oxygens (including phenoxy) is 1. The van der Waals surface area contributed by atoms with Crippen LogP contribution in [0.15, 0.2) is 60.8 Å². The number of carbonyl (C=O) groups is 2. The van der Waals surface area contributed by atoms with Crippen molar-refractivity contribution in [3.63, 3.8) is 0 Å². The lowest BCUT2D eigenvalue weighted by atomic mass is 10.1. The number of anilines is 2. The number of hydrogen-bond donors (Lipinski definition) is 1. The maximum absolute atomic E-state index is 15.1. The molecule has 8 nitrogen and oxygen atoms in total.